The molecule has 1 aliphatic heterocycles. The molecule has 1 aliphatic rings. The zero-order valence-corrected chi connectivity index (χ0v) is 14.2. The van der Waals surface area contributed by atoms with Crippen LogP contribution in [0.4, 0.5) is 10.5 Å². The summed E-state index contributed by atoms with van der Waals surface area (Å²) < 4.78 is 5.76. The van der Waals surface area contributed by atoms with E-state index in [2.05, 4.69) is 16.0 Å². The van der Waals surface area contributed by atoms with Gasteiger partial charge in [0.25, 0.3) is 5.91 Å². The standard InChI is InChI=1S/C19H19N3O4/c1-12-3-2-4-15(11-12)26-14-7-5-13(6-8-14)20-17(23)10-9-16-18(24)22-19(25)21-16/h2-8,11,16H,9-10H2,1H3,(H,20,23)(H2,21,22,24,25)/t16-/m0/s1. The molecular formula is C19H19N3O4. The van der Waals surface area contributed by atoms with Crippen LogP contribution in [-0.2, 0) is 9.59 Å². The Bertz CT molecular complexity index is 833. The zero-order valence-electron chi connectivity index (χ0n) is 14.2. The topological polar surface area (TPSA) is 96.5 Å². The number of urea groups is 1. The molecule has 0 saturated carbocycles. The van der Waals surface area contributed by atoms with E-state index in [0.717, 1.165) is 11.3 Å². The highest BCUT2D eigenvalue weighted by molar-refractivity contribution is 6.04. The van der Waals surface area contributed by atoms with Crippen molar-refractivity contribution in [3.63, 3.8) is 0 Å². The van der Waals surface area contributed by atoms with Gasteiger partial charge >= 0.3 is 6.03 Å². The molecule has 2 aromatic carbocycles. The van der Waals surface area contributed by atoms with Crippen molar-refractivity contribution in [2.75, 3.05) is 5.32 Å². The van der Waals surface area contributed by atoms with Gasteiger partial charge in [0.1, 0.15) is 17.5 Å². The first-order valence-corrected chi connectivity index (χ1v) is 8.25. The molecule has 1 heterocycles. The molecule has 0 spiro atoms. The quantitative estimate of drug-likeness (QED) is 0.696. The Hall–Kier alpha value is -3.35. The summed E-state index contributed by atoms with van der Waals surface area (Å²) in [6, 6.07) is 13.6. The second kappa shape index (κ2) is 7.69. The molecule has 2 aromatic rings. The number of hydrogen-bond donors (Lipinski definition) is 3. The van der Waals surface area contributed by atoms with Crippen molar-refractivity contribution in [3.05, 3.63) is 54.1 Å². The summed E-state index contributed by atoms with van der Waals surface area (Å²) in [5.41, 5.74) is 1.74. The molecule has 26 heavy (non-hydrogen) atoms. The van der Waals surface area contributed by atoms with Crippen LogP contribution in [0.1, 0.15) is 18.4 Å². The smallest absolute Gasteiger partial charge is 0.322 e. The summed E-state index contributed by atoms with van der Waals surface area (Å²) in [5, 5.41) is 7.35. The lowest BCUT2D eigenvalue weighted by molar-refractivity contribution is -0.120. The van der Waals surface area contributed by atoms with E-state index in [1.165, 1.54) is 0 Å². The lowest BCUT2D eigenvalue weighted by Crippen LogP contribution is -2.30. The Morgan fingerprint density at radius 3 is 2.54 bits per heavy atom. The molecule has 134 valence electrons. The Morgan fingerprint density at radius 2 is 1.88 bits per heavy atom. The number of hydrogen-bond acceptors (Lipinski definition) is 4. The summed E-state index contributed by atoms with van der Waals surface area (Å²) in [7, 11) is 0. The van der Waals surface area contributed by atoms with Crippen molar-refractivity contribution >= 4 is 23.5 Å². The number of imide groups is 1. The summed E-state index contributed by atoms with van der Waals surface area (Å²) in [4.78, 5) is 34.4. The first-order chi connectivity index (χ1) is 12.5. The van der Waals surface area contributed by atoms with Gasteiger partial charge in [-0.15, -0.1) is 0 Å². The molecule has 0 unspecified atom stereocenters. The first-order valence-electron chi connectivity index (χ1n) is 8.25. The molecule has 4 amide bonds. The third-order valence-corrected chi connectivity index (χ3v) is 3.88. The fourth-order valence-corrected chi connectivity index (χ4v) is 2.58. The minimum absolute atomic E-state index is 0.125. The van der Waals surface area contributed by atoms with Crippen LogP contribution >= 0.6 is 0 Å². The van der Waals surface area contributed by atoms with Crippen molar-refractivity contribution < 1.29 is 19.1 Å². The van der Waals surface area contributed by atoms with E-state index in [0.29, 0.717) is 11.4 Å². The molecule has 0 aliphatic carbocycles. The fraction of sp³-hybridized carbons (Fsp3) is 0.211. The number of carbonyl (C=O) groups is 3. The van der Waals surface area contributed by atoms with Gasteiger partial charge in [0.2, 0.25) is 5.91 Å². The maximum atomic E-state index is 12.0. The van der Waals surface area contributed by atoms with Crippen LogP contribution in [0, 0.1) is 6.92 Å². The van der Waals surface area contributed by atoms with Gasteiger partial charge in [-0.2, -0.15) is 0 Å². The van der Waals surface area contributed by atoms with E-state index < -0.39 is 18.0 Å². The second-order valence-electron chi connectivity index (χ2n) is 6.05. The van der Waals surface area contributed by atoms with E-state index in [4.69, 9.17) is 4.74 Å². The minimum atomic E-state index is -0.654. The number of carbonyl (C=O) groups excluding carboxylic acids is 3. The van der Waals surface area contributed by atoms with Crippen LogP contribution in [0.3, 0.4) is 0 Å². The van der Waals surface area contributed by atoms with Crippen molar-refractivity contribution in [2.45, 2.75) is 25.8 Å². The molecule has 3 rings (SSSR count). The van der Waals surface area contributed by atoms with Gasteiger partial charge in [-0.3, -0.25) is 14.9 Å². The molecule has 3 N–H and O–H groups in total. The van der Waals surface area contributed by atoms with Crippen LogP contribution in [0.15, 0.2) is 48.5 Å². The number of amides is 4. The molecule has 1 saturated heterocycles. The number of anilines is 1. The normalized spacial score (nSPS) is 16.0. The Morgan fingerprint density at radius 1 is 1.12 bits per heavy atom. The highest BCUT2D eigenvalue weighted by atomic mass is 16.5. The molecule has 0 aromatic heterocycles. The van der Waals surface area contributed by atoms with Crippen molar-refractivity contribution in [2.24, 2.45) is 0 Å². The van der Waals surface area contributed by atoms with Crippen LogP contribution in [0.2, 0.25) is 0 Å². The molecule has 1 fully saturated rings. The van der Waals surface area contributed by atoms with Crippen LogP contribution in [0.25, 0.3) is 0 Å². The van der Waals surface area contributed by atoms with E-state index in [9.17, 15) is 14.4 Å². The molecule has 7 nitrogen and oxygen atoms in total. The fourth-order valence-electron chi connectivity index (χ4n) is 2.58. The van der Waals surface area contributed by atoms with Gasteiger partial charge in [0, 0.05) is 12.1 Å². The summed E-state index contributed by atoms with van der Waals surface area (Å²) >= 11 is 0. The average molecular weight is 353 g/mol. The van der Waals surface area contributed by atoms with E-state index in [1.54, 1.807) is 24.3 Å². The maximum Gasteiger partial charge on any atom is 0.322 e. The summed E-state index contributed by atoms with van der Waals surface area (Å²) in [5.74, 6) is 0.782. The monoisotopic (exact) mass is 353 g/mol. The number of ether oxygens (including phenoxy) is 1. The molecule has 0 bridgehead atoms. The number of nitrogens with one attached hydrogen (secondary N) is 3. The third-order valence-electron chi connectivity index (χ3n) is 3.88. The average Bonchev–Trinajstić information content (AvgIpc) is 2.92. The maximum absolute atomic E-state index is 12.0. The minimum Gasteiger partial charge on any atom is -0.457 e. The number of rotatable bonds is 6. The largest absolute Gasteiger partial charge is 0.457 e. The summed E-state index contributed by atoms with van der Waals surface area (Å²) in [6.45, 7) is 1.99. The zero-order chi connectivity index (χ0) is 18.5. The molecular weight excluding hydrogens is 334 g/mol. The van der Waals surface area contributed by atoms with Crippen LogP contribution in [0.5, 0.6) is 11.5 Å². The van der Waals surface area contributed by atoms with Gasteiger partial charge in [-0.05, 0) is 55.3 Å². The third kappa shape index (κ3) is 4.60. The summed E-state index contributed by atoms with van der Waals surface area (Å²) in [6.07, 6.45) is 0.373. The van der Waals surface area contributed by atoms with Crippen molar-refractivity contribution in [1.29, 1.82) is 0 Å². The van der Waals surface area contributed by atoms with E-state index in [1.807, 2.05) is 31.2 Å². The highest BCUT2D eigenvalue weighted by Crippen LogP contribution is 2.23. The molecule has 1 atom stereocenters. The lowest BCUT2D eigenvalue weighted by Gasteiger charge is -2.09. The van der Waals surface area contributed by atoms with Gasteiger partial charge in [-0.25, -0.2) is 4.79 Å². The highest BCUT2D eigenvalue weighted by Gasteiger charge is 2.29. The Kier molecular flexibility index (Phi) is 5.17. The van der Waals surface area contributed by atoms with Gasteiger partial charge < -0.3 is 15.4 Å². The number of benzene rings is 2. The Labute approximate surface area is 150 Å². The SMILES string of the molecule is Cc1cccc(Oc2ccc(NC(=O)CC[C@@H]3NC(=O)NC3=O)cc2)c1. The predicted molar refractivity (Wildman–Crippen MR) is 96.0 cm³/mol. The second-order valence-corrected chi connectivity index (χ2v) is 6.05. The Balaban J connectivity index is 1.50. The van der Waals surface area contributed by atoms with Crippen molar-refractivity contribution in [1.82, 2.24) is 10.6 Å². The van der Waals surface area contributed by atoms with Gasteiger partial charge in [0.15, 0.2) is 0 Å². The van der Waals surface area contributed by atoms with Gasteiger partial charge in [0.05, 0.1) is 0 Å². The van der Waals surface area contributed by atoms with E-state index >= 15 is 0 Å². The van der Waals surface area contributed by atoms with Crippen molar-refractivity contribution in [3.8, 4) is 11.5 Å². The number of aryl methyl sites for hydroxylation is 1. The first kappa shape index (κ1) is 17.5. The predicted octanol–water partition coefficient (Wildman–Crippen LogP) is 2.71. The molecule has 0 radical (unpaired) electrons. The lowest BCUT2D eigenvalue weighted by atomic mass is 10.1. The van der Waals surface area contributed by atoms with E-state index in [-0.39, 0.29) is 18.7 Å². The molecule has 7 heteroatoms. The van der Waals surface area contributed by atoms with Crippen LogP contribution < -0.4 is 20.7 Å². The van der Waals surface area contributed by atoms with Gasteiger partial charge in [-0.1, -0.05) is 12.1 Å². The van der Waals surface area contributed by atoms with Crippen LogP contribution in [-0.4, -0.2) is 23.9 Å².